The van der Waals surface area contributed by atoms with Crippen LogP contribution in [0.3, 0.4) is 0 Å². The van der Waals surface area contributed by atoms with Gasteiger partial charge in [-0.05, 0) is 37.3 Å². The summed E-state index contributed by atoms with van der Waals surface area (Å²) in [6.45, 7) is 1.07. The van der Waals surface area contributed by atoms with E-state index < -0.39 is 0 Å². The minimum atomic E-state index is 0.688. The van der Waals surface area contributed by atoms with Crippen molar-refractivity contribution in [1.82, 2.24) is 0 Å². The fourth-order valence-corrected chi connectivity index (χ4v) is 4.42. The molecule has 1 saturated carbocycles. The van der Waals surface area contributed by atoms with Gasteiger partial charge >= 0.3 is 0 Å². The lowest BCUT2D eigenvalue weighted by Crippen LogP contribution is -2.44. The molecular formula is C16H22N2O. The molecule has 1 aromatic carbocycles. The zero-order chi connectivity index (χ0) is 12.8. The number of ether oxygens (including phenoxy) is 1. The third-order valence-corrected chi connectivity index (χ3v) is 5.21. The van der Waals surface area contributed by atoms with Crippen LogP contribution in [0.2, 0.25) is 0 Å². The average molecular weight is 258 g/mol. The number of anilines is 2. The van der Waals surface area contributed by atoms with Crippen LogP contribution in [0.4, 0.5) is 11.4 Å². The highest BCUT2D eigenvalue weighted by atomic mass is 16.5. The third kappa shape index (κ3) is 1.63. The Hall–Kier alpha value is -1.38. The quantitative estimate of drug-likeness (QED) is 0.836. The van der Waals surface area contributed by atoms with Crippen molar-refractivity contribution in [2.45, 2.75) is 44.2 Å². The molecule has 3 atom stereocenters. The Bertz CT molecular complexity index is 488. The highest BCUT2D eigenvalue weighted by Gasteiger charge is 2.44. The maximum Gasteiger partial charge on any atom is 0.144 e. The van der Waals surface area contributed by atoms with E-state index in [9.17, 15) is 0 Å². The predicted octanol–water partition coefficient (Wildman–Crippen LogP) is 3.26. The Morgan fingerprint density at radius 1 is 1.26 bits per heavy atom. The molecule has 0 bridgehead atoms. The summed E-state index contributed by atoms with van der Waals surface area (Å²) in [5.74, 6) is 1.90. The molecule has 3 nitrogen and oxygen atoms in total. The van der Waals surface area contributed by atoms with Crippen molar-refractivity contribution in [3.05, 3.63) is 18.2 Å². The highest BCUT2D eigenvalue weighted by Crippen LogP contribution is 2.48. The van der Waals surface area contributed by atoms with Gasteiger partial charge < -0.3 is 15.0 Å². The van der Waals surface area contributed by atoms with Gasteiger partial charge in [0.25, 0.3) is 0 Å². The van der Waals surface area contributed by atoms with Crippen molar-refractivity contribution in [3.8, 4) is 5.75 Å². The molecule has 2 heterocycles. The molecule has 1 saturated heterocycles. The molecule has 0 spiro atoms. The molecule has 3 unspecified atom stereocenters. The zero-order valence-electron chi connectivity index (χ0n) is 11.6. The second kappa shape index (κ2) is 4.32. The van der Waals surface area contributed by atoms with Gasteiger partial charge in [-0.15, -0.1) is 0 Å². The van der Waals surface area contributed by atoms with E-state index in [1.54, 1.807) is 7.11 Å². The van der Waals surface area contributed by atoms with Crippen molar-refractivity contribution < 1.29 is 4.74 Å². The first-order valence-corrected chi connectivity index (χ1v) is 7.57. The summed E-state index contributed by atoms with van der Waals surface area (Å²) in [6, 6.07) is 7.89. The molecule has 3 heteroatoms. The maximum absolute atomic E-state index is 5.51. The molecule has 4 rings (SSSR count). The molecule has 1 N–H and O–H groups in total. The van der Waals surface area contributed by atoms with Gasteiger partial charge in [-0.3, -0.25) is 0 Å². The van der Waals surface area contributed by atoms with Crippen LogP contribution in [0.25, 0.3) is 0 Å². The molecule has 2 aliphatic heterocycles. The van der Waals surface area contributed by atoms with Gasteiger partial charge in [0, 0.05) is 18.6 Å². The zero-order valence-corrected chi connectivity index (χ0v) is 11.6. The minimum Gasteiger partial charge on any atom is -0.495 e. The normalized spacial score (nSPS) is 32.1. The number of nitrogens with one attached hydrogen (secondary N) is 1. The van der Waals surface area contributed by atoms with Crippen LogP contribution in [-0.4, -0.2) is 25.7 Å². The number of methoxy groups -OCH3 is 1. The van der Waals surface area contributed by atoms with Gasteiger partial charge in [0.15, 0.2) is 0 Å². The van der Waals surface area contributed by atoms with Crippen LogP contribution in [0.5, 0.6) is 5.75 Å². The van der Waals surface area contributed by atoms with Crippen LogP contribution in [0.15, 0.2) is 18.2 Å². The Kier molecular flexibility index (Phi) is 2.61. The number of hydrogen-bond acceptors (Lipinski definition) is 3. The summed E-state index contributed by atoms with van der Waals surface area (Å²) in [5.41, 5.74) is 2.57. The van der Waals surface area contributed by atoms with Crippen LogP contribution in [-0.2, 0) is 0 Å². The van der Waals surface area contributed by atoms with Gasteiger partial charge in [-0.1, -0.05) is 18.9 Å². The summed E-state index contributed by atoms with van der Waals surface area (Å²) < 4.78 is 5.51. The first-order valence-electron chi connectivity index (χ1n) is 7.57. The minimum absolute atomic E-state index is 0.688. The smallest absolute Gasteiger partial charge is 0.144 e. The monoisotopic (exact) mass is 258 g/mol. The summed E-state index contributed by atoms with van der Waals surface area (Å²) in [6.07, 6.45) is 7.00. The van der Waals surface area contributed by atoms with Crippen molar-refractivity contribution in [1.29, 1.82) is 0 Å². The first-order chi connectivity index (χ1) is 9.38. The van der Waals surface area contributed by atoms with Gasteiger partial charge in [-0.2, -0.15) is 0 Å². The number of nitrogens with zero attached hydrogens (tertiary/aromatic N) is 1. The van der Waals surface area contributed by atoms with E-state index in [1.165, 1.54) is 43.5 Å². The molecule has 1 aliphatic carbocycles. The lowest BCUT2D eigenvalue weighted by Gasteiger charge is -2.40. The average Bonchev–Trinajstić information content (AvgIpc) is 2.85. The van der Waals surface area contributed by atoms with E-state index in [4.69, 9.17) is 4.74 Å². The molecule has 0 radical (unpaired) electrons. The molecule has 3 aliphatic rings. The molecule has 0 aromatic heterocycles. The molecule has 19 heavy (non-hydrogen) atoms. The fourth-order valence-electron chi connectivity index (χ4n) is 4.42. The van der Waals surface area contributed by atoms with E-state index in [0.29, 0.717) is 6.04 Å². The van der Waals surface area contributed by atoms with Crippen molar-refractivity contribution in [3.63, 3.8) is 0 Å². The number of benzene rings is 1. The van der Waals surface area contributed by atoms with Gasteiger partial charge in [0.1, 0.15) is 11.4 Å². The fraction of sp³-hybridized carbons (Fsp3) is 0.625. The molecule has 1 aromatic rings. The molecule has 2 fully saturated rings. The number of fused-ring (bicyclic) bond motifs is 5. The van der Waals surface area contributed by atoms with Gasteiger partial charge in [0.2, 0.25) is 0 Å². The largest absolute Gasteiger partial charge is 0.495 e. The predicted molar refractivity (Wildman–Crippen MR) is 78.1 cm³/mol. The number of hydrogen-bond donors (Lipinski definition) is 1. The Balaban J connectivity index is 1.76. The second-order valence-corrected chi connectivity index (χ2v) is 6.14. The summed E-state index contributed by atoms with van der Waals surface area (Å²) in [4.78, 5) is 2.71. The van der Waals surface area contributed by atoms with Crippen LogP contribution in [0, 0.1) is 5.92 Å². The van der Waals surface area contributed by atoms with E-state index in [2.05, 4.69) is 28.4 Å². The van der Waals surface area contributed by atoms with Crippen molar-refractivity contribution >= 4 is 11.4 Å². The SMILES string of the molecule is COc1cccc2c1NCC1CC3CCCCC3N21. The van der Waals surface area contributed by atoms with E-state index >= 15 is 0 Å². The summed E-state index contributed by atoms with van der Waals surface area (Å²) in [5, 5.41) is 3.60. The summed E-state index contributed by atoms with van der Waals surface area (Å²) in [7, 11) is 1.76. The maximum atomic E-state index is 5.51. The van der Waals surface area contributed by atoms with E-state index in [1.807, 2.05) is 0 Å². The van der Waals surface area contributed by atoms with Crippen LogP contribution in [0.1, 0.15) is 32.1 Å². The van der Waals surface area contributed by atoms with E-state index in [-0.39, 0.29) is 0 Å². The van der Waals surface area contributed by atoms with Crippen molar-refractivity contribution in [2.75, 3.05) is 23.9 Å². The molecule has 102 valence electrons. The lowest BCUT2D eigenvalue weighted by molar-refractivity contribution is 0.342. The number of rotatable bonds is 1. The van der Waals surface area contributed by atoms with E-state index in [0.717, 1.165) is 24.3 Å². The third-order valence-electron chi connectivity index (χ3n) is 5.21. The highest BCUT2D eigenvalue weighted by molar-refractivity contribution is 5.79. The Morgan fingerprint density at radius 3 is 3.05 bits per heavy atom. The standard InChI is InChI=1S/C16H22N2O/c1-19-15-8-4-7-14-16(15)17-10-12-9-11-5-2-3-6-13(11)18(12)14/h4,7-8,11-13,17H,2-3,5-6,9-10H2,1H3. The second-order valence-electron chi connectivity index (χ2n) is 6.14. The van der Waals surface area contributed by atoms with Gasteiger partial charge in [0.05, 0.1) is 12.8 Å². The van der Waals surface area contributed by atoms with Gasteiger partial charge in [-0.25, -0.2) is 0 Å². The Labute approximate surface area is 114 Å². The van der Waals surface area contributed by atoms with Crippen molar-refractivity contribution in [2.24, 2.45) is 5.92 Å². The lowest BCUT2D eigenvalue weighted by atomic mass is 9.85. The van der Waals surface area contributed by atoms with Crippen LogP contribution < -0.4 is 15.0 Å². The Morgan fingerprint density at radius 2 is 2.16 bits per heavy atom. The molecular weight excluding hydrogens is 236 g/mol. The molecule has 0 amide bonds. The topological polar surface area (TPSA) is 24.5 Å². The summed E-state index contributed by atoms with van der Waals surface area (Å²) >= 11 is 0. The number of para-hydroxylation sites is 1. The first kappa shape index (κ1) is 11.4. The van der Waals surface area contributed by atoms with Crippen LogP contribution >= 0.6 is 0 Å².